The van der Waals surface area contributed by atoms with Crippen LogP contribution in [0.1, 0.15) is 26.2 Å². The van der Waals surface area contributed by atoms with Crippen molar-refractivity contribution in [1.29, 1.82) is 0 Å². The van der Waals surface area contributed by atoms with Crippen LogP contribution in [0, 0.1) is 5.92 Å². The molecule has 0 amide bonds. The van der Waals surface area contributed by atoms with Crippen LogP contribution in [-0.4, -0.2) is 37.5 Å². The van der Waals surface area contributed by atoms with Crippen LogP contribution in [0.25, 0.3) is 0 Å². The van der Waals surface area contributed by atoms with E-state index in [1.54, 1.807) is 0 Å². The van der Waals surface area contributed by atoms with Gasteiger partial charge in [0.1, 0.15) is 0 Å². The molecule has 0 aromatic carbocycles. The Morgan fingerprint density at radius 1 is 0.957 bits per heavy atom. The second-order valence-electron chi connectivity index (χ2n) is 4.49. The van der Waals surface area contributed by atoms with Crippen molar-refractivity contribution < 1.29 is 45.4 Å². The van der Waals surface area contributed by atoms with E-state index >= 15 is 0 Å². The summed E-state index contributed by atoms with van der Waals surface area (Å²) in [5.74, 6) is -5.22. The van der Waals surface area contributed by atoms with Gasteiger partial charge in [-0.2, -0.15) is 26.3 Å². The molecule has 0 aliphatic heterocycles. The SMILES string of the molecule is CCCC/C=C/C(C(=O)OCC(F)(F)F)C(=O)OCC(F)(F)F. The number of esters is 2. The Morgan fingerprint density at radius 3 is 1.74 bits per heavy atom. The zero-order valence-corrected chi connectivity index (χ0v) is 12.2. The van der Waals surface area contributed by atoms with Crippen molar-refractivity contribution in [2.75, 3.05) is 13.2 Å². The molecule has 0 aromatic heterocycles. The highest BCUT2D eigenvalue weighted by molar-refractivity contribution is 5.97. The molecule has 0 spiro atoms. The van der Waals surface area contributed by atoms with Crippen molar-refractivity contribution in [3.63, 3.8) is 0 Å². The van der Waals surface area contributed by atoms with E-state index in [0.29, 0.717) is 12.8 Å². The number of unbranched alkanes of at least 4 members (excludes halogenated alkanes) is 2. The smallest absolute Gasteiger partial charge is 0.422 e. The summed E-state index contributed by atoms with van der Waals surface area (Å²) in [5, 5.41) is 0. The molecule has 0 bridgehead atoms. The molecule has 0 saturated heterocycles. The maximum absolute atomic E-state index is 12.0. The van der Waals surface area contributed by atoms with Crippen LogP contribution in [0.2, 0.25) is 0 Å². The largest absolute Gasteiger partial charge is 0.455 e. The third kappa shape index (κ3) is 11.5. The topological polar surface area (TPSA) is 52.6 Å². The molecule has 4 nitrogen and oxygen atoms in total. The number of alkyl halides is 6. The fraction of sp³-hybridized carbons (Fsp3) is 0.692. The van der Waals surface area contributed by atoms with Gasteiger partial charge >= 0.3 is 24.3 Å². The molecule has 0 heterocycles. The maximum atomic E-state index is 12.0. The van der Waals surface area contributed by atoms with E-state index < -0.39 is 43.4 Å². The average molecular weight is 350 g/mol. The van der Waals surface area contributed by atoms with Gasteiger partial charge in [0.15, 0.2) is 19.1 Å². The molecule has 0 radical (unpaired) electrons. The normalized spacial score (nSPS) is 12.7. The van der Waals surface area contributed by atoms with Gasteiger partial charge in [-0.15, -0.1) is 0 Å². The van der Waals surface area contributed by atoms with Gasteiger partial charge in [-0.05, 0) is 6.42 Å². The first-order chi connectivity index (χ1) is 10.5. The molecule has 0 fully saturated rings. The summed E-state index contributed by atoms with van der Waals surface area (Å²) < 4.78 is 79.6. The predicted octanol–water partition coefficient (Wildman–Crippen LogP) is 3.56. The highest BCUT2D eigenvalue weighted by Gasteiger charge is 2.36. The highest BCUT2D eigenvalue weighted by atomic mass is 19.4. The number of hydrogen-bond acceptors (Lipinski definition) is 4. The number of ether oxygens (including phenoxy) is 2. The second kappa shape index (κ2) is 9.41. The monoisotopic (exact) mass is 350 g/mol. The summed E-state index contributed by atoms with van der Waals surface area (Å²) in [6, 6.07) is 0. The molecule has 0 atom stereocenters. The molecule has 0 aromatic rings. The summed E-state index contributed by atoms with van der Waals surface area (Å²) in [7, 11) is 0. The van der Waals surface area contributed by atoms with Crippen LogP contribution in [0.15, 0.2) is 12.2 Å². The Bertz CT molecular complexity index is 384. The number of hydrogen-bond donors (Lipinski definition) is 0. The van der Waals surface area contributed by atoms with E-state index in [4.69, 9.17) is 0 Å². The minimum atomic E-state index is -4.82. The van der Waals surface area contributed by atoms with Gasteiger partial charge in [0.05, 0.1) is 0 Å². The van der Waals surface area contributed by atoms with Crippen molar-refractivity contribution in [3.8, 4) is 0 Å². The molecule has 134 valence electrons. The Balaban J connectivity index is 4.82. The van der Waals surface area contributed by atoms with Crippen LogP contribution < -0.4 is 0 Å². The second-order valence-corrected chi connectivity index (χ2v) is 4.49. The lowest BCUT2D eigenvalue weighted by Crippen LogP contribution is -2.32. The molecular formula is C13H16F6O4. The molecule has 10 heteroatoms. The van der Waals surface area contributed by atoms with E-state index in [-0.39, 0.29) is 0 Å². The van der Waals surface area contributed by atoms with Gasteiger partial charge in [0, 0.05) is 0 Å². The first-order valence-corrected chi connectivity index (χ1v) is 6.59. The van der Waals surface area contributed by atoms with Gasteiger partial charge in [-0.3, -0.25) is 9.59 Å². The summed E-state index contributed by atoms with van der Waals surface area (Å²) in [6.07, 6.45) is -5.62. The highest BCUT2D eigenvalue weighted by Crippen LogP contribution is 2.18. The van der Waals surface area contributed by atoms with Crippen LogP contribution in [-0.2, 0) is 19.1 Å². The van der Waals surface area contributed by atoms with Gasteiger partial charge in [-0.25, -0.2) is 0 Å². The van der Waals surface area contributed by atoms with Gasteiger partial charge in [0.2, 0.25) is 0 Å². The van der Waals surface area contributed by atoms with Gasteiger partial charge in [-0.1, -0.05) is 31.9 Å². The van der Waals surface area contributed by atoms with Crippen LogP contribution in [0.3, 0.4) is 0 Å². The summed E-state index contributed by atoms with van der Waals surface area (Å²) in [4.78, 5) is 22.9. The van der Waals surface area contributed by atoms with E-state index in [9.17, 15) is 35.9 Å². The van der Waals surface area contributed by atoms with E-state index in [1.165, 1.54) is 6.08 Å². The predicted molar refractivity (Wildman–Crippen MR) is 66.2 cm³/mol. The number of halogens is 6. The van der Waals surface area contributed by atoms with Crippen LogP contribution >= 0.6 is 0 Å². The first kappa shape index (κ1) is 21.3. The third-order valence-corrected chi connectivity index (χ3v) is 2.32. The number of allylic oxidation sites excluding steroid dienone is 1. The number of carbonyl (C=O) groups is 2. The van der Waals surface area contributed by atoms with Crippen molar-refractivity contribution in [3.05, 3.63) is 12.2 Å². The summed E-state index contributed by atoms with van der Waals surface area (Å²) in [6.45, 7) is -2.05. The minimum Gasteiger partial charge on any atom is -0.455 e. The Morgan fingerprint density at radius 2 is 1.39 bits per heavy atom. The average Bonchev–Trinajstić information content (AvgIpc) is 2.41. The van der Waals surface area contributed by atoms with Gasteiger partial charge in [0.25, 0.3) is 0 Å². The molecule has 0 aliphatic carbocycles. The van der Waals surface area contributed by atoms with Crippen molar-refractivity contribution >= 4 is 11.9 Å². The fourth-order valence-electron chi connectivity index (χ4n) is 1.29. The standard InChI is InChI=1S/C13H16F6O4/c1-2-3-4-5-6-9(10(20)22-7-12(14,15)16)11(21)23-8-13(17,18)19/h5-6,9H,2-4,7-8H2,1H3/b6-5+. The number of rotatable bonds is 8. The molecule has 0 N–H and O–H groups in total. The van der Waals surface area contributed by atoms with Crippen molar-refractivity contribution in [2.45, 2.75) is 38.5 Å². The third-order valence-electron chi connectivity index (χ3n) is 2.32. The molecule has 23 heavy (non-hydrogen) atoms. The van der Waals surface area contributed by atoms with Crippen LogP contribution in [0.5, 0.6) is 0 Å². The maximum Gasteiger partial charge on any atom is 0.422 e. The van der Waals surface area contributed by atoms with E-state index in [2.05, 4.69) is 9.47 Å². The molecular weight excluding hydrogens is 334 g/mol. The first-order valence-electron chi connectivity index (χ1n) is 6.59. The van der Waals surface area contributed by atoms with Gasteiger partial charge < -0.3 is 9.47 Å². The lowest BCUT2D eigenvalue weighted by molar-refractivity contribution is -0.197. The quantitative estimate of drug-likeness (QED) is 0.221. The Kier molecular flexibility index (Phi) is 8.70. The molecule has 0 rings (SSSR count). The van der Waals surface area contributed by atoms with Crippen LogP contribution in [0.4, 0.5) is 26.3 Å². The Labute approximate surface area is 128 Å². The lowest BCUT2D eigenvalue weighted by Gasteiger charge is -2.14. The number of carbonyl (C=O) groups excluding carboxylic acids is 2. The fourth-order valence-corrected chi connectivity index (χ4v) is 1.29. The van der Waals surface area contributed by atoms with Crippen molar-refractivity contribution in [2.24, 2.45) is 5.92 Å². The zero-order valence-electron chi connectivity index (χ0n) is 12.2. The summed E-state index contributed by atoms with van der Waals surface area (Å²) in [5.41, 5.74) is 0. The molecule has 0 unspecified atom stereocenters. The summed E-state index contributed by atoms with van der Waals surface area (Å²) >= 11 is 0. The van der Waals surface area contributed by atoms with Crippen molar-refractivity contribution in [1.82, 2.24) is 0 Å². The van der Waals surface area contributed by atoms with E-state index in [1.807, 2.05) is 6.92 Å². The minimum absolute atomic E-state index is 0.395. The lowest BCUT2D eigenvalue weighted by atomic mass is 10.1. The Hall–Kier alpha value is -1.74. The molecule has 0 saturated carbocycles. The zero-order chi connectivity index (χ0) is 18.1. The molecule has 0 aliphatic rings. The van der Waals surface area contributed by atoms with E-state index in [0.717, 1.165) is 12.5 Å².